The summed E-state index contributed by atoms with van der Waals surface area (Å²) < 4.78 is 0. The van der Waals surface area contributed by atoms with Crippen LogP contribution in [0.3, 0.4) is 0 Å². The van der Waals surface area contributed by atoms with E-state index in [0.717, 1.165) is 22.7 Å². The molecule has 0 fully saturated rings. The molecular weight excluding hydrogens is 258 g/mol. The second kappa shape index (κ2) is 6.48. The number of hydrogen-bond donors (Lipinski definition) is 3. The highest BCUT2D eigenvalue weighted by atomic mass is 15.4. The molecule has 104 valence electrons. The summed E-state index contributed by atoms with van der Waals surface area (Å²) in [6.45, 7) is 0. The van der Waals surface area contributed by atoms with Gasteiger partial charge in [-0.2, -0.15) is 0 Å². The summed E-state index contributed by atoms with van der Waals surface area (Å²) in [6, 6.07) is 28.2. The molecule has 0 radical (unpaired) electrons. The zero-order valence-corrected chi connectivity index (χ0v) is 11.6. The number of anilines is 4. The Morgan fingerprint density at radius 2 is 0.952 bits per heavy atom. The van der Waals surface area contributed by atoms with Crippen LogP contribution in [0.15, 0.2) is 84.9 Å². The first-order valence-corrected chi connectivity index (χ1v) is 6.90. The average Bonchev–Trinajstić information content (AvgIpc) is 2.56. The standard InChI is InChI=1S/C18H17N3/c1-3-9-15(10-4-1)19-17-13-7-8-14-18(17)21-20-16-11-5-2-6-12-16/h1-14,19-21H. The summed E-state index contributed by atoms with van der Waals surface area (Å²) in [6.07, 6.45) is 0. The van der Waals surface area contributed by atoms with Crippen molar-refractivity contribution in [1.82, 2.24) is 0 Å². The van der Waals surface area contributed by atoms with E-state index in [1.807, 2.05) is 84.9 Å². The van der Waals surface area contributed by atoms with Crippen molar-refractivity contribution in [1.29, 1.82) is 0 Å². The first-order valence-electron chi connectivity index (χ1n) is 6.90. The number of benzene rings is 3. The fourth-order valence-electron chi connectivity index (χ4n) is 2.04. The van der Waals surface area contributed by atoms with Crippen molar-refractivity contribution in [3.05, 3.63) is 84.9 Å². The van der Waals surface area contributed by atoms with Gasteiger partial charge in [-0.1, -0.05) is 48.5 Å². The lowest BCUT2D eigenvalue weighted by Crippen LogP contribution is -2.10. The van der Waals surface area contributed by atoms with Crippen molar-refractivity contribution in [2.45, 2.75) is 0 Å². The van der Waals surface area contributed by atoms with Gasteiger partial charge in [0, 0.05) is 5.69 Å². The lowest BCUT2D eigenvalue weighted by atomic mass is 10.2. The number of nitrogens with one attached hydrogen (secondary N) is 3. The first kappa shape index (κ1) is 13.1. The third-order valence-electron chi connectivity index (χ3n) is 3.10. The van der Waals surface area contributed by atoms with Crippen LogP contribution in [0, 0.1) is 0 Å². The van der Waals surface area contributed by atoms with Crippen molar-refractivity contribution in [2.75, 3.05) is 16.2 Å². The minimum Gasteiger partial charge on any atom is -0.354 e. The van der Waals surface area contributed by atoms with Gasteiger partial charge in [0.2, 0.25) is 0 Å². The fraction of sp³-hybridized carbons (Fsp3) is 0. The summed E-state index contributed by atoms with van der Waals surface area (Å²) in [7, 11) is 0. The number of para-hydroxylation sites is 4. The van der Waals surface area contributed by atoms with Crippen molar-refractivity contribution < 1.29 is 0 Å². The van der Waals surface area contributed by atoms with Crippen LogP contribution in [-0.2, 0) is 0 Å². The van der Waals surface area contributed by atoms with Crippen molar-refractivity contribution in [2.24, 2.45) is 0 Å². The van der Waals surface area contributed by atoms with Gasteiger partial charge < -0.3 is 10.7 Å². The highest BCUT2D eigenvalue weighted by molar-refractivity contribution is 5.75. The van der Waals surface area contributed by atoms with Gasteiger partial charge in [0.25, 0.3) is 0 Å². The Morgan fingerprint density at radius 3 is 1.62 bits per heavy atom. The van der Waals surface area contributed by atoms with E-state index in [1.54, 1.807) is 0 Å². The highest BCUT2D eigenvalue weighted by Crippen LogP contribution is 2.25. The lowest BCUT2D eigenvalue weighted by Gasteiger charge is -2.15. The average molecular weight is 275 g/mol. The summed E-state index contributed by atoms with van der Waals surface area (Å²) in [5.74, 6) is 0. The Morgan fingerprint density at radius 1 is 0.429 bits per heavy atom. The maximum absolute atomic E-state index is 3.41. The zero-order chi connectivity index (χ0) is 14.3. The summed E-state index contributed by atoms with van der Waals surface area (Å²) >= 11 is 0. The minimum absolute atomic E-state index is 0.991. The number of rotatable bonds is 5. The summed E-state index contributed by atoms with van der Waals surface area (Å²) in [4.78, 5) is 0. The molecule has 0 aliphatic carbocycles. The Balaban J connectivity index is 1.73. The third kappa shape index (κ3) is 3.54. The molecule has 0 bridgehead atoms. The molecule has 0 saturated carbocycles. The second-order valence-corrected chi connectivity index (χ2v) is 4.65. The second-order valence-electron chi connectivity index (χ2n) is 4.65. The van der Waals surface area contributed by atoms with Gasteiger partial charge in [-0.25, -0.2) is 0 Å². The van der Waals surface area contributed by atoms with E-state index in [2.05, 4.69) is 16.2 Å². The smallest absolute Gasteiger partial charge is 0.0774 e. The van der Waals surface area contributed by atoms with E-state index < -0.39 is 0 Å². The van der Waals surface area contributed by atoms with Crippen LogP contribution in [0.5, 0.6) is 0 Å². The van der Waals surface area contributed by atoms with Crippen molar-refractivity contribution in [3.63, 3.8) is 0 Å². The maximum atomic E-state index is 3.41. The van der Waals surface area contributed by atoms with E-state index in [-0.39, 0.29) is 0 Å². The topological polar surface area (TPSA) is 36.1 Å². The maximum Gasteiger partial charge on any atom is 0.0774 e. The molecule has 21 heavy (non-hydrogen) atoms. The van der Waals surface area contributed by atoms with Crippen molar-refractivity contribution >= 4 is 22.7 Å². The van der Waals surface area contributed by atoms with Gasteiger partial charge in [-0.15, -0.1) is 0 Å². The largest absolute Gasteiger partial charge is 0.354 e. The molecule has 3 N–H and O–H groups in total. The molecule has 3 rings (SSSR count). The Bertz CT molecular complexity index is 681. The van der Waals surface area contributed by atoms with Gasteiger partial charge >= 0.3 is 0 Å². The highest BCUT2D eigenvalue weighted by Gasteiger charge is 2.01. The summed E-state index contributed by atoms with van der Waals surface area (Å²) in [5, 5.41) is 3.41. The van der Waals surface area contributed by atoms with Crippen LogP contribution in [0.25, 0.3) is 0 Å². The third-order valence-corrected chi connectivity index (χ3v) is 3.10. The molecule has 0 aliphatic heterocycles. The quantitative estimate of drug-likeness (QED) is 0.581. The molecule has 0 spiro atoms. The van der Waals surface area contributed by atoms with Gasteiger partial charge in [0.05, 0.1) is 17.1 Å². The molecule has 0 aromatic heterocycles. The molecule has 0 amide bonds. The molecule has 0 unspecified atom stereocenters. The molecule has 3 aromatic rings. The Labute approximate surface area is 124 Å². The minimum atomic E-state index is 0.991. The predicted octanol–water partition coefficient (Wildman–Crippen LogP) is 4.87. The van der Waals surface area contributed by atoms with Crippen LogP contribution in [0.1, 0.15) is 0 Å². The Hall–Kier alpha value is -2.94. The van der Waals surface area contributed by atoms with Crippen molar-refractivity contribution in [3.8, 4) is 0 Å². The normalized spacial score (nSPS) is 9.90. The number of hydrazine groups is 1. The summed E-state index contributed by atoms with van der Waals surface area (Å²) in [5.41, 5.74) is 10.5. The SMILES string of the molecule is c1ccc(NNc2ccccc2Nc2ccccc2)cc1. The molecule has 3 heteroatoms. The molecule has 0 saturated heterocycles. The van der Waals surface area contributed by atoms with Crippen LogP contribution in [0.2, 0.25) is 0 Å². The van der Waals surface area contributed by atoms with E-state index in [9.17, 15) is 0 Å². The van der Waals surface area contributed by atoms with Gasteiger partial charge in [-0.05, 0) is 36.4 Å². The van der Waals surface area contributed by atoms with Crippen LogP contribution in [-0.4, -0.2) is 0 Å². The lowest BCUT2D eigenvalue weighted by molar-refractivity contribution is 1.40. The molecule has 0 heterocycles. The zero-order valence-electron chi connectivity index (χ0n) is 11.6. The molecule has 3 aromatic carbocycles. The van der Waals surface area contributed by atoms with Gasteiger partial charge in [-0.3, -0.25) is 5.43 Å². The molecule has 0 aliphatic rings. The molecule has 3 nitrogen and oxygen atoms in total. The van der Waals surface area contributed by atoms with E-state index in [0.29, 0.717) is 0 Å². The Kier molecular flexibility index (Phi) is 4.03. The van der Waals surface area contributed by atoms with E-state index in [1.165, 1.54) is 0 Å². The van der Waals surface area contributed by atoms with Gasteiger partial charge in [0.1, 0.15) is 0 Å². The first-order chi connectivity index (χ1) is 10.4. The van der Waals surface area contributed by atoms with Crippen LogP contribution >= 0.6 is 0 Å². The van der Waals surface area contributed by atoms with Crippen LogP contribution in [0.4, 0.5) is 22.7 Å². The van der Waals surface area contributed by atoms with Crippen LogP contribution < -0.4 is 16.2 Å². The molecule has 0 atom stereocenters. The van der Waals surface area contributed by atoms with E-state index in [4.69, 9.17) is 0 Å². The van der Waals surface area contributed by atoms with E-state index >= 15 is 0 Å². The predicted molar refractivity (Wildman–Crippen MR) is 89.9 cm³/mol. The monoisotopic (exact) mass is 275 g/mol. The molecular formula is C18H17N3. The number of hydrogen-bond acceptors (Lipinski definition) is 3. The van der Waals surface area contributed by atoms with Gasteiger partial charge in [0.15, 0.2) is 0 Å². The fourth-order valence-corrected chi connectivity index (χ4v) is 2.04.